The van der Waals surface area contributed by atoms with E-state index in [2.05, 4.69) is 56.0 Å². The van der Waals surface area contributed by atoms with Crippen molar-refractivity contribution in [1.82, 2.24) is 0 Å². The molecule has 70 heavy (non-hydrogen) atoms. The molecule has 0 aliphatic carbocycles. The van der Waals surface area contributed by atoms with Crippen molar-refractivity contribution in [1.29, 1.82) is 42.1 Å². The topological polar surface area (TPSA) is 190 Å². The molecule has 0 radical (unpaired) electrons. The third-order valence-corrected chi connectivity index (χ3v) is 27.6. The van der Waals surface area contributed by atoms with Crippen molar-refractivity contribution in [2.75, 3.05) is 23.0 Å². The summed E-state index contributed by atoms with van der Waals surface area (Å²) in [5.74, 6) is -11.1. The van der Waals surface area contributed by atoms with E-state index in [1.54, 1.807) is 16.9 Å². The molecule has 0 aromatic heterocycles. The number of nitrogens with zero attached hydrogens (tertiary/aromatic N) is 8. The second-order valence-electron chi connectivity index (χ2n) is 11.8. The Morgan fingerprint density at radius 2 is 0.529 bits per heavy atom. The van der Waals surface area contributed by atoms with Gasteiger partial charge in [-0.15, -0.1) is 47.0 Å². The maximum absolute atomic E-state index is 13.6. The molecular formula is C40H10F8I2N8S12. The second-order valence-corrected chi connectivity index (χ2v) is 30.0. The van der Waals surface area contributed by atoms with Gasteiger partial charge >= 0.3 is 0 Å². The van der Waals surface area contributed by atoms with Gasteiger partial charge in [-0.2, -0.15) is 42.1 Å². The summed E-state index contributed by atoms with van der Waals surface area (Å²) >= 11 is 28.4. The standard InChI is InChI=1S/2C12F4N4.2C8H5IS6/c2*13-9-7(5(1-17)2-18)10(14)12(16)8(11(9)15)6(3-19)4-20;2*9-4-3-12-7(13-4)8-14-5-6(15-8)11-2-1-10-5/h;;2*3H,1-2H2. The number of nitriles is 8. The number of hydrogen-bond donors (Lipinski definition) is 0. The molecule has 0 saturated heterocycles. The van der Waals surface area contributed by atoms with Gasteiger partial charge in [0.15, 0.2) is 46.5 Å². The molecule has 2 aromatic rings. The molecule has 0 N–H and O–H groups in total. The van der Waals surface area contributed by atoms with Gasteiger partial charge in [0.25, 0.3) is 0 Å². The molecule has 8 nitrogen and oxygen atoms in total. The van der Waals surface area contributed by atoms with Crippen LogP contribution in [0.2, 0.25) is 0 Å². The third kappa shape index (κ3) is 13.6. The van der Waals surface area contributed by atoms with E-state index in [1.165, 1.54) is 45.8 Å². The Bertz CT molecular complexity index is 2920. The lowest BCUT2D eigenvalue weighted by atomic mass is 10.1. The molecule has 6 aliphatic heterocycles. The van der Waals surface area contributed by atoms with Crippen molar-refractivity contribution in [3.05, 3.63) is 118 Å². The predicted molar refractivity (Wildman–Crippen MR) is 292 cm³/mol. The fourth-order valence-corrected chi connectivity index (χ4v) is 24.2. The summed E-state index contributed by atoms with van der Waals surface area (Å²) < 4.78 is 124. The molecule has 0 fully saturated rings. The molecule has 6 heterocycles. The van der Waals surface area contributed by atoms with Crippen LogP contribution in [0.15, 0.2) is 50.5 Å². The summed E-state index contributed by atoms with van der Waals surface area (Å²) in [5, 5.41) is 66.4. The SMILES string of the molecule is IC1=CSC(=C2SC3=C(SCCS3)S2)S1.IC1=CSC(=C2SC3=C(SCCS3)S2)S1.N#CC(C#N)=c1c(F)c(F)c(=C(C#N)C#N)c(F)c1F.N#CC(C#N)=c1c(F)c(F)c(=C(C#N)C#N)c(F)c1F. The zero-order valence-corrected chi connectivity index (χ0v) is 47.4. The maximum Gasteiger partial charge on any atom is 0.171 e. The molecule has 0 atom stereocenters. The molecule has 30 heteroatoms. The minimum absolute atomic E-state index is 1.09. The lowest BCUT2D eigenvalue weighted by molar-refractivity contribution is 0.434. The number of rotatable bonds is 0. The average molecular weight is 1390 g/mol. The van der Waals surface area contributed by atoms with Crippen LogP contribution in [0.4, 0.5) is 35.1 Å². The second kappa shape index (κ2) is 27.6. The van der Waals surface area contributed by atoms with Crippen LogP contribution in [-0.4, -0.2) is 23.0 Å². The van der Waals surface area contributed by atoms with Crippen LogP contribution in [0.25, 0.3) is 22.3 Å². The van der Waals surface area contributed by atoms with Gasteiger partial charge in [-0.1, -0.05) is 94.1 Å². The van der Waals surface area contributed by atoms with Gasteiger partial charge in [0.2, 0.25) is 0 Å². The zero-order valence-electron chi connectivity index (χ0n) is 33.2. The fourth-order valence-electron chi connectivity index (χ4n) is 4.94. The van der Waals surface area contributed by atoms with Crippen molar-refractivity contribution in [2.45, 2.75) is 0 Å². The quantitative estimate of drug-likeness (QED) is 0.137. The summed E-state index contributed by atoms with van der Waals surface area (Å²) in [6, 6.07) is 8.69. The van der Waals surface area contributed by atoms with Crippen LogP contribution in [0.5, 0.6) is 0 Å². The van der Waals surface area contributed by atoms with Gasteiger partial charge < -0.3 is 0 Å². The lowest BCUT2D eigenvalue weighted by Crippen LogP contribution is -2.31. The number of halogens is 10. The molecule has 8 rings (SSSR count). The zero-order chi connectivity index (χ0) is 51.4. The van der Waals surface area contributed by atoms with E-state index in [-0.39, 0.29) is 0 Å². The Kier molecular flexibility index (Phi) is 23.0. The first kappa shape index (κ1) is 58.3. The van der Waals surface area contributed by atoms with Crippen molar-refractivity contribution in [3.8, 4) is 48.6 Å². The Hall–Kier alpha value is -2.62. The molecular weight excluding hydrogens is 1380 g/mol. The van der Waals surface area contributed by atoms with E-state index in [4.69, 9.17) is 42.1 Å². The van der Waals surface area contributed by atoms with Gasteiger partial charge in [-0.3, -0.25) is 0 Å². The normalized spacial score (nSPS) is 16.2. The van der Waals surface area contributed by atoms with Gasteiger partial charge in [0.1, 0.15) is 70.8 Å². The highest BCUT2D eigenvalue weighted by molar-refractivity contribution is 14.1. The fraction of sp³-hybridized carbons (Fsp3) is 0.100. The number of benzene rings is 2. The Morgan fingerprint density at radius 3 is 0.686 bits per heavy atom. The monoisotopic (exact) mass is 1390 g/mol. The van der Waals surface area contributed by atoms with Crippen molar-refractivity contribution in [3.63, 3.8) is 0 Å². The van der Waals surface area contributed by atoms with E-state index in [1.807, 2.05) is 141 Å². The van der Waals surface area contributed by atoms with Crippen molar-refractivity contribution >= 4 is 209 Å². The Morgan fingerprint density at radius 1 is 0.329 bits per heavy atom. The summed E-state index contributed by atoms with van der Waals surface area (Å²) in [7, 11) is 0. The summed E-state index contributed by atoms with van der Waals surface area (Å²) in [6.45, 7) is 0. The molecule has 352 valence electrons. The smallest absolute Gasteiger partial charge is 0.171 e. The van der Waals surface area contributed by atoms with Crippen LogP contribution in [-0.2, 0) is 0 Å². The number of thioether (sulfide) groups is 12. The van der Waals surface area contributed by atoms with Crippen LogP contribution < -0.4 is 20.9 Å². The van der Waals surface area contributed by atoms with Crippen LogP contribution in [0, 0.1) is 137 Å². The molecule has 0 bridgehead atoms. The predicted octanol–water partition coefficient (Wildman–Crippen LogP) is 13.1. The van der Waals surface area contributed by atoms with Crippen molar-refractivity contribution < 1.29 is 35.1 Å². The van der Waals surface area contributed by atoms with Gasteiger partial charge in [0, 0.05) is 23.0 Å². The molecule has 0 spiro atoms. The first-order valence-electron chi connectivity index (χ1n) is 17.6. The Balaban J connectivity index is 0.000000175. The van der Waals surface area contributed by atoms with E-state index < -0.39 is 89.7 Å². The van der Waals surface area contributed by atoms with E-state index >= 15 is 0 Å². The highest BCUT2D eigenvalue weighted by Gasteiger charge is 2.31. The summed E-state index contributed by atoms with van der Waals surface area (Å²) in [5.41, 5.74) is -4.72. The first-order valence-corrected chi connectivity index (χ1v) is 30.3. The maximum atomic E-state index is 13.6. The third-order valence-electron chi connectivity index (χ3n) is 7.83. The highest BCUT2D eigenvalue weighted by atomic mass is 127. The van der Waals surface area contributed by atoms with Gasteiger partial charge in [-0.25, -0.2) is 35.1 Å². The van der Waals surface area contributed by atoms with E-state index in [0.29, 0.717) is 0 Å². The summed E-state index contributed by atoms with van der Waals surface area (Å²) in [6.07, 6.45) is 0. The molecule has 0 amide bonds. The summed E-state index contributed by atoms with van der Waals surface area (Å²) in [4.78, 5) is 0. The minimum Gasteiger partial charge on any atom is -0.203 e. The molecule has 0 saturated carbocycles. The highest BCUT2D eigenvalue weighted by Crippen LogP contribution is 2.65. The van der Waals surface area contributed by atoms with E-state index in [0.717, 1.165) is 48.6 Å². The molecule has 6 aliphatic rings. The van der Waals surface area contributed by atoms with Crippen molar-refractivity contribution in [2.24, 2.45) is 0 Å². The van der Waals surface area contributed by atoms with Crippen LogP contribution >= 0.6 is 186 Å². The average Bonchev–Trinajstić information content (AvgIpc) is 4.20. The minimum atomic E-state index is -2.03. The largest absolute Gasteiger partial charge is 0.203 e. The van der Waals surface area contributed by atoms with Gasteiger partial charge in [0.05, 0.1) is 60.6 Å². The van der Waals surface area contributed by atoms with Crippen LogP contribution in [0.3, 0.4) is 0 Å². The first-order chi connectivity index (χ1) is 33.5. The Labute approximate surface area is 469 Å². The molecule has 0 unspecified atom stereocenters. The lowest BCUT2D eigenvalue weighted by Gasteiger charge is -2.08. The van der Waals surface area contributed by atoms with Gasteiger partial charge in [-0.05, 0) is 56.0 Å². The van der Waals surface area contributed by atoms with E-state index in [9.17, 15) is 35.1 Å². The van der Waals surface area contributed by atoms with Crippen LogP contribution in [0.1, 0.15) is 0 Å². The number of hydrogen-bond acceptors (Lipinski definition) is 20. The molecule has 2 aromatic carbocycles.